The normalized spacial score (nSPS) is 12.7. The summed E-state index contributed by atoms with van der Waals surface area (Å²) in [5, 5.41) is 5.12. The van der Waals surface area contributed by atoms with E-state index in [0.29, 0.717) is 6.04 Å². The fourth-order valence-corrected chi connectivity index (χ4v) is 2.47. The van der Waals surface area contributed by atoms with Crippen molar-refractivity contribution in [2.24, 2.45) is 0 Å². The van der Waals surface area contributed by atoms with Gasteiger partial charge < -0.3 is 9.88 Å². The van der Waals surface area contributed by atoms with Crippen LogP contribution in [0.2, 0.25) is 0 Å². The molecule has 0 aliphatic heterocycles. The highest BCUT2D eigenvalue weighted by Crippen LogP contribution is 2.09. The summed E-state index contributed by atoms with van der Waals surface area (Å²) < 4.78 is 1.82. The highest BCUT2D eigenvalue weighted by atomic mass is 16.1. The van der Waals surface area contributed by atoms with Gasteiger partial charge in [-0.15, -0.1) is 0 Å². The summed E-state index contributed by atoms with van der Waals surface area (Å²) in [4.78, 5) is 12.3. The minimum absolute atomic E-state index is 0.121. The lowest BCUT2D eigenvalue weighted by Crippen LogP contribution is -2.25. The largest absolute Gasteiger partial charge is 0.317 e. The van der Waals surface area contributed by atoms with E-state index in [-0.39, 0.29) is 5.56 Å². The number of hydrogen-bond donors (Lipinski definition) is 1. The van der Waals surface area contributed by atoms with Crippen molar-refractivity contribution < 1.29 is 0 Å². The van der Waals surface area contributed by atoms with Crippen LogP contribution in [-0.2, 0) is 6.54 Å². The summed E-state index contributed by atoms with van der Waals surface area (Å²) in [6.45, 7) is 2.98. The van der Waals surface area contributed by atoms with Crippen LogP contribution in [0.1, 0.15) is 26.2 Å². The molecule has 3 nitrogen and oxygen atoms in total. The lowest BCUT2D eigenvalue weighted by atomic mass is 10.1. The van der Waals surface area contributed by atoms with Crippen molar-refractivity contribution in [1.82, 2.24) is 9.88 Å². The Labute approximate surface area is 114 Å². The summed E-state index contributed by atoms with van der Waals surface area (Å²) in [6, 6.07) is 10.3. The second-order valence-electron chi connectivity index (χ2n) is 4.94. The molecular weight excluding hydrogens is 236 g/mol. The maximum absolute atomic E-state index is 12.3. The second-order valence-corrected chi connectivity index (χ2v) is 4.94. The first-order chi connectivity index (χ1) is 9.26. The van der Waals surface area contributed by atoms with E-state index in [0.717, 1.165) is 36.6 Å². The third-order valence-electron chi connectivity index (χ3n) is 3.74. The van der Waals surface area contributed by atoms with E-state index in [2.05, 4.69) is 12.2 Å². The molecule has 1 aromatic heterocycles. The minimum atomic E-state index is 0.121. The van der Waals surface area contributed by atoms with Crippen molar-refractivity contribution in [1.29, 1.82) is 0 Å². The summed E-state index contributed by atoms with van der Waals surface area (Å²) in [5.41, 5.74) is 0.121. The van der Waals surface area contributed by atoms with Crippen molar-refractivity contribution in [2.75, 3.05) is 7.05 Å². The fourth-order valence-electron chi connectivity index (χ4n) is 2.47. The molecule has 0 spiro atoms. The van der Waals surface area contributed by atoms with Crippen LogP contribution in [0.25, 0.3) is 10.8 Å². The number of aryl methyl sites for hydroxylation is 1. The Hall–Kier alpha value is -1.61. The van der Waals surface area contributed by atoms with Crippen LogP contribution < -0.4 is 10.9 Å². The van der Waals surface area contributed by atoms with Gasteiger partial charge in [-0.25, -0.2) is 0 Å². The van der Waals surface area contributed by atoms with Crippen molar-refractivity contribution in [3.8, 4) is 0 Å². The molecule has 1 unspecified atom stereocenters. The van der Waals surface area contributed by atoms with Crippen LogP contribution in [0, 0.1) is 0 Å². The standard InChI is InChI=1S/C16H22N2O/c1-3-14(17-2)8-6-11-18-12-10-13-7-4-5-9-15(13)16(18)19/h4-5,7,9-10,12,14,17H,3,6,8,11H2,1-2H3. The van der Waals surface area contributed by atoms with Gasteiger partial charge in [0.05, 0.1) is 0 Å². The molecule has 19 heavy (non-hydrogen) atoms. The Kier molecular flexibility index (Phi) is 4.74. The maximum atomic E-state index is 12.3. The number of nitrogens with zero attached hydrogens (tertiary/aromatic N) is 1. The number of aromatic nitrogens is 1. The number of benzene rings is 1. The van der Waals surface area contributed by atoms with Gasteiger partial charge in [0, 0.05) is 24.2 Å². The molecule has 0 saturated heterocycles. The number of hydrogen-bond acceptors (Lipinski definition) is 2. The van der Waals surface area contributed by atoms with Gasteiger partial charge in [-0.1, -0.05) is 25.1 Å². The molecule has 0 amide bonds. The van der Waals surface area contributed by atoms with Gasteiger partial charge in [0.2, 0.25) is 0 Å². The number of pyridine rings is 1. The average molecular weight is 258 g/mol. The summed E-state index contributed by atoms with van der Waals surface area (Å²) >= 11 is 0. The molecule has 1 heterocycles. The molecule has 0 saturated carbocycles. The fraction of sp³-hybridized carbons (Fsp3) is 0.438. The highest BCUT2D eigenvalue weighted by Gasteiger charge is 2.04. The molecule has 2 rings (SSSR count). The van der Waals surface area contributed by atoms with E-state index in [1.54, 1.807) is 0 Å². The second kappa shape index (κ2) is 6.53. The smallest absolute Gasteiger partial charge is 0.258 e. The van der Waals surface area contributed by atoms with Crippen LogP contribution in [0.3, 0.4) is 0 Å². The van der Waals surface area contributed by atoms with Crippen molar-refractivity contribution in [2.45, 2.75) is 38.8 Å². The molecule has 0 fully saturated rings. The van der Waals surface area contributed by atoms with E-state index in [4.69, 9.17) is 0 Å². The summed E-state index contributed by atoms with van der Waals surface area (Å²) in [7, 11) is 2.00. The van der Waals surface area contributed by atoms with Crippen LogP contribution >= 0.6 is 0 Å². The molecular formula is C16H22N2O. The Bertz CT molecular complexity index is 585. The van der Waals surface area contributed by atoms with Crippen LogP contribution in [0.5, 0.6) is 0 Å². The average Bonchev–Trinajstić information content (AvgIpc) is 2.46. The number of rotatable bonds is 6. The molecule has 1 N–H and O–H groups in total. The van der Waals surface area contributed by atoms with Crippen molar-refractivity contribution >= 4 is 10.8 Å². The van der Waals surface area contributed by atoms with E-state index in [1.807, 2.05) is 48.1 Å². The number of fused-ring (bicyclic) bond motifs is 1. The van der Waals surface area contributed by atoms with Crippen LogP contribution in [-0.4, -0.2) is 17.7 Å². The molecule has 0 bridgehead atoms. The zero-order chi connectivity index (χ0) is 13.7. The van der Waals surface area contributed by atoms with Gasteiger partial charge in [-0.2, -0.15) is 0 Å². The highest BCUT2D eigenvalue weighted by molar-refractivity contribution is 5.81. The van der Waals surface area contributed by atoms with Gasteiger partial charge in [-0.3, -0.25) is 4.79 Å². The Morgan fingerprint density at radius 2 is 2.05 bits per heavy atom. The zero-order valence-electron chi connectivity index (χ0n) is 11.7. The van der Waals surface area contributed by atoms with Gasteiger partial charge in [0.15, 0.2) is 0 Å². The van der Waals surface area contributed by atoms with Gasteiger partial charge in [-0.05, 0) is 43.8 Å². The molecule has 102 valence electrons. The van der Waals surface area contributed by atoms with E-state index in [1.165, 1.54) is 0 Å². The minimum Gasteiger partial charge on any atom is -0.317 e. The monoisotopic (exact) mass is 258 g/mol. The third-order valence-corrected chi connectivity index (χ3v) is 3.74. The quantitative estimate of drug-likeness (QED) is 0.864. The van der Waals surface area contributed by atoms with Crippen molar-refractivity contribution in [3.05, 3.63) is 46.9 Å². The zero-order valence-corrected chi connectivity index (χ0v) is 11.7. The lowest BCUT2D eigenvalue weighted by molar-refractivity contribution is 0.466. The van der Waals surface area contributed by atoms with Gasteiger partial charge in [0.25, 0.3) is 5.56 Å². The first-order valence-corrected chi connectivity index (χ1v) is 7.01. The Morgan fingerprint density at radius 1 is 1.26 bits per heavy atom. The molecule has 0 radical (unpaired) electrons. The van der Waals surface area contributed by atoms with E-state index < -0.39 is 0 Å². The van der Waals surface area contributed by atoms with Crippen LogP contribution in [0.15, 0.2) is 41.3 Å². The first kappa shape index (κ1) is 13.8. The molecule has 1 atom stereocenters. The molecule has 0 aliphatic carbocycles. The number of nitrogens with one attached hydrogen (secondary N) is 1. The molecule has 3 heteroatoms. The van der Waals surface area contributed by atoms with Crippen molar-refractivity contribution in [3.63, 3.8) is 0 Å². The summed E-state index contributed by atoms with van der Waals surface area (Å²) in [6.07, 6.45) is 5.16. The van der Waals surface area contributed by atoms with Gasteiger partial charge >= 0.3 is 0 Å². The Balaban J connectivity index is 2.09. The lowest BCUT2D eigenvalue weighted by Gasteiger charge is -2.14. The molecule has 0 aliphatic rings. The maximum Gasteiger partial charge on any atom is 0.258 e. The van der Waals surface area contributed by atoms with E-state index >= 15 is 0 Å². The van der Waals surface area contributed by atoms with Crippen LogP contribution in [0.4, 0.5) is 0 Å². The predicted molar refractivity (Wildman–Crippen MR) is 80.6 cm³/mol. The molecule has 1 aromatic carbocycles. The van der Waals surface area contributed by atoms with E-state index in [9.17, 15) is 4.79 Å². The van der Waals surface area contributed by atoms with Gasteiger partial charge in [0.1, 0.15) is 0 Å². The topological polar surface area (TPSA) is 34.0 Å². The predicted octanol–water partition coefficient (Wildman–Crippen LogP) is 2.78. The Morgan fingerprint density at radius 3 is 2.79 bits per heavy atom. The first-order valence-electron chi connectivity index (χ1n) is 7.01. The summed E-state index contributed by atoms with van der Waals surface area (Å²) in [5.74, 6) is 0. The molecule has 2 aromatic rings. The SMILES string of the molecule is CCC(CCCn1ccc2ccccc2c1=O)NC. The third kappa shape index (κ3) is 3.24.